The molecule has 1 unspecified atom stereocenters. The number of anilines is 1. The van der Waals surface area contributed by atoms with Gasteiger partial charge in [0, 0.05) is 24.6 Å². The maximum Gasteiger partial charge on any atom is 0.238 e. The number of benzene rings is 1. The van der Waals surface area contributed by atoms with Gasteiger partial charge in [-0.2, -0.15) is 0 Å². The normalized spacial score (nSPS) is 17.3. The minimum atomic E-state index is -0.0577. The van der Waals surface area contributed by atoms with Crippen LogP contribution < -0.4 is 5.32 Å². The molecule has 1 fully saturated rings. The van der Waals surface area contributed by atoms with Gasteiger partial charge in [-0.3, -0.25) is 9.69 Å². The van der Waals surface area contributed by atoms with Gasteiger partial charge >= 0.3 is 0 Å². The van der Waals surface area contributed by atoms with Crippen LogP contribution in [0.5, 0.6) is 0 Å². The molecule has 1 amide bonds. The molecular formula is C18H21ClN2O2S. The second-order valence-corrected chi connectivity index (χ2v) is 7.35. The van der Waals surface area contributed by atoms with E-state index >= 15 is 0 Å². The minimum Gasteiger partial charge on any atom is -0.377 e. The molecular weight excluding hydrogens is 344 g/mol. The summed E-state index contributed by atoms with van der Waals surface area (Å²) in [7, 11) is 0. The average Bonchev–Trinajstić information content (AvgIpc) is 3.23. The number of ether oxygens (including phenoxy) is 1. The number of para-hydroxylation sites is 1. The predicted octanol–water partition coefficient (Wildman–Crippen LogP) is 4.02. The monoisotopic (exact) mass is 364 g/mol. The van der Waals surface area contributed by atoms with Gasteiger partial charge in [-0.1, -0.05) is 29.8 Å². The highest BCUT2D eigenvalue weighted by Crippen LogP contribution is 2.21. The Bertz CT molecular complexity index is 657. The number of amides is 1. The number of thiophene rings is 1. The molecule has 1 aliphatic rings. The summed E-state index contributed by atoms with van der Waals surface area (Å²) in [6.07, 6.45) is 2.38. The summed E-state index contributed by atoms with van der Waals surface area (Å²) in [5.41, 5.74) is 0.650. The Morgan fingerprint density at radius 1 is 1.33 bits per heavy atom. The lowest BCUT2D eigenvalue weighted by Crippen LogP contribution is -2.37. The summed E-state index contributed by atoms with van der Waals surface area (Å²) in [5, 5.41) is 5.50. The van der Waals surface area contributed by atoms with Gasteiger partial charge in [0.25, 0.3) is 0 Å². The molecule has 1 aliphatic heterocycles. The van der Waals surface area contributed by atoms with E-state index in [0.29, 0.717) is 17.3 Å². The summed E-state index contributed by atoms with van der Waals surface area (Å²) >= 11 is 7.82. The molecule has 6 heteroatoms. The molecule has 1 atom stereocenters. The molecule has 1 saturated heterocycles. The van der Waals surface area contributed by atoms with Gasteiger partial charge in [0.05, 0.1) is 23.4 Å². The Morgan fingerprint density at radius 2 is 2.21 bits per heavy atom. The van der Waals surface area contributed by atoms with E-state index in [9.17, 15) is 4.79 Å². The molecule has 24 heavy (non-hydrogen) atoms. The minimum absolute atomic E-state index is 0.0577. The van der Waals surface area contributed by atoms with Crippen molar-refractivity contribution in [3.63, 3.8) is 0 Å². The van der Waals surface area contributed by atoms with Crippen LogP contribution in [-0.4, -0.2) is 36.6 Å². The number of nitrogens with zero attached hydrogens (tertiary/aromatic N) is 1. The van der Waals surface area contributed by atoms with Crippen molar-refractivity contribution in [2.24, 2.45) is 0 Å². The Labute approximate surface area is 151 Å². The van der Waals surface area contributed by atoms with Crippen LogP contribution in [0, 0.1) is 0 Å². The molecule has 0 bridgehead atoms. The van der Waals surface area contributed by atoms with Gasteiger partial charge in [0.15, 0.2) is 0 Å². The fraction of sp³-hybridized carbons (Fsp3) is 0.389. The summed E-state index contributed by atoms with van der Waals surface area (Å²) in [6, 6.07) is 11.4. The average molecular weight is 365 g/mol. The largest absolute Gasteiger partial charge is 0.377 e. The van der Waals surface area contributed by atoms with E-state index in [-0.39, 0.29) is 12.0 Å². The van der Waals surface area contributed by atoms with Gasteiger partial charge in [0.2, 0.25) is 5.91 Å². The molecule has 0 radical (unpaired) electrons. The van der Waals surface area contributed by atoms with Gasteiger partial charge < -0.3 is 10.1 Å². The van der Waals surface area contributed by atoms with Crippen molar-refractivity contribution in [1.82, 2.24) is 4.90 Å². The molecule has 0 spiro atoms. The smallest absolute Gasteiger partial charge is 0.238 e. The molecule has 2 aromatic rings. The van der Waals surface area contributed by atoms with Crippen molar-refractivity contribution in [2.75, 3.05) is 25.0 Å². The van der Waals surface area contributed by atoms with Crippen molar-refractivity contribution >= 4 is 34.5 Å². The van der Waals surface area contributed by atoms with Crippen LogP contribution in [0.2, 0.25) is 5.02 Å². The second kappa shape index (κ2) is 8.62. The molecule has 0 saturated carbocycles. The van der Waals surface area contributed by atoms with Gasteiger partial charge in [-0.15, -0.1) is 11.3 Å². The van der Waals surface area contributed by atoms with Crippen LogP contribution in [0.3, 0.4) is 0 Å². The van der Waals surface area contributed by atoms with Crippen LogP contribution in [0.25, 0.3) is 0 Å². The lowest BCUT2D eigenvalue weighted by Gasteiger charge is -2.24. The zero-order chi connectivity index (χ0) is 16.8. The van der Waals surface area contributed by atoms with E-state index < -0.39 is 0 Å². The Balaban J connectivity index is 1.61. The molecule has 1 N–H and O–H groups in total. The number of nitrogens with one attached hydrogen (secondary N) is 1. The van der Waals surface area contributed by atoms with Crippen LogP contribution in [0.4, 0.5) is 5.69 Å². The molecule has 3 rings (SSSR count). The molecule has 1 aromatic carbocycles. The first-order valence-electron chi connectivity index (χ1n) is 8.11. The third-order valence-electron chi connectivity index (χ3n) is 3.96. The summed E-state index contributed by atoms with van der Waals surface area (Å²) < 4.78 is 5.73. The number of carbonyl (C=O) groups excluding carboxylic acids is 1. The van der Waals surface area contributed by atoms with Crippen molar-refractivity contribution < 1.29 is 9.53 Å². The molecule has 0 aliphatic carbocycles. The maximum absolute atomic E-state index is 12.4. The summed E-state index contributed by atoms with van der Waals surface area (Å²) in [5.74, 6) is -0.0577. The van der Waals surface area contributed by atoms with Crippen LogP contribution in [-0.2, 0) is 16.1 Å². The summed E-state index contributed by atoms with van der Waals surface area (Å²) in [4.78, 5) is 15.8. The van der Waals surface area contributed by atoms with E-state index in [0.717, 1.165) is 32.5 Å². The SMILES string of the molecule is O=C(CN(Cc1cccs1)CC1CCCO1)Nc1ccccc1Cl. The molecule has 128 valence electrons. The predicted molar refractivity (Wildman–Crippen MR) is 98.7 cm³/mol. The first kappa shape index (κ1) is 17.4. The number of hydrogen-bond acceptors (Lipinski definition) is 4. The fourth-order valence-electron chi connectivity index (χ4n) is 2.84. The van der Waals surface area contributed by atoms with E-state index in [4.69, 9.17) is 16.3 Å². The highest BCUT2D eigenvalue weighted by molar-refractivity contribution is 7.09. The van der Waals surface area contributed by atoms with E-state index in [1.165, 1.54) is 4.88 Å². The maximum atomic E-state index is 12.4. The Kier molecular flexibility index (Phi) is 6.26. The lowest BCUT2D eigenvalue weighted by atomic mass is 10.2. The van der Waals surface area contributed by atoms with Crippen molar-refractivity contribution in [3.05, 3.63) is 51.7 Å². The van der Waals surface area contributed by atoms with Gasteiger partial charge in [0.1, 0.15) is 0 Å². The summed E-state index contributed by atoms with van der Waals surface area (Å²) in [6.45, 7) is 2.67. The standard InChI is InChI=1S/C18H21ClN2O2S/c19-16-7-1-2-8-17(16)20-18(22)13-21(11-14-5-3-9-23-14)12-15-6-4-10-24-15/h1-2,4,6-8,10,14H,3,5,9,11-13H2,(H,20,22). The third-order valence-corrected chi connectivity index (χ3v) is 5.15. The Morgan fingerprint density at radius 3 is 2.92 bits per heavy atom. The van der Waals surface area contributed by atoms with Gasteiger partial charge in [-0.05, 0) is 36.4 Å². The molecule has 4 nitrogen and oxygen atoms in total. The zero-order valence-corrected chi connectivity index (χ0v) is 15.0. The number of rotatable bonds is 7. The first-order valence-corrected chi connectivity index (χ1v) is 9.37. The topological polar surface area (TPSA) is 41.6 Å². The highest BCUT2D eigenvalue weighted by atomic mass is 35.5. The number of halogens is 1. The van der Waals surface area contributed by atoms with Crippen molar-refractivity contribution in [2.45, 2.75) is 25.5 Å². The Hall–Kier alpha value is -1.40. The van der Waals surface area contributed by atoms with E-state index in [1.807, 2.05) is 24.3 Å². The second-order valence-electron chi connectivity index (χ2n) is 5.91. The van der Waals surface area contributed by atoms with Crippen molar-refractivity contribution in [1.29, 1.82) is 0 Å². The number of carbonyl (C=O) groups is 1. The highest BCUT2D eigenvalue weighted by Gasteiger charge is 2.21. The van der Waals surface area contributed by atoms with Crippen LogP contribution in [0.1, 0.15) is 17.7 Å². The van der Waals surface area contributed by atoms with E-state index in [2.05, 4.69) is 21.7 Å². The first-order chi connectivity index (χ1) is 11.7. The fourth-order valence-corrected chi connectivity index (χ4v) is 3.77. The van der Waals surface area contributed by atoms with E-state index in [1.54, 1.807) is 17.4 Å². The quantitative estimate of drug-likeness (QED) is 0.806. The molecule has 1 aromatic heterocycles. The van der Waals surface area contributed by atoms with Crippen LogP contribution in [0.15, 0.2) is 41.8 Å². The van der Waals surface area contributed by atoms with Gasteiger partial charge in [-0.25, -0.2) is 0 Å². The van der Waals surface area contributed by atoms with Crippen molar-refractivity contribution in [3.8, 4) is 0 Å². The van der Waals surface area contributed by atoms with Crippen LogP contribution >= 0.6 is 22.9 Å². The number of hydrogen-bond donors (Lipinski definition) is 1. The third kappa shape index (κ3) is 5.05. The molecule has 2 heterocycles. The lowest BCUT2D eigenvalue weighted by molar-refractivity contribution is -0.117. The zero-order valence-electron chi connectivity index (χ0n) is 13.4.